The molecule has 0 heterocycles. The van der Waals surface area contributed by atoms with E-state index in [4.69, 9.17) is 9.29 Å². The van der Waals surface area contributed by atoms with Crippen molar-refractivity contribution in [1.29, 1.82) is 0 Å². The van der Waals surface area contributed by atoms with Crippen LogP contribution in [0.4, 0.5) is 0 Å². The number of amides is 1. The number of hydrogen-bond donors (Lipinski definition) is 2. The molecule has 0 aliphatic rings. The Bertz CT molecular complexity index is 806. The third-order valence-corrected chi connectivity index (χ3v) is 6.73. The molecule has 2 N–H and O–H groups in total. The van der Waals surface area contributed by atoms with Gasteiger partial charge in [0.05, 0.1) is 17.4 Å². The molecule has 0 bridgehead atoms. The lowest BCUT2D eigenvalue weighted by atomic mass is 10.0. The second-order valence-corrected chi connectivity index (χ2v) is 11.1. The number of hydrogen-bond acceptors (Lipinski definition) is 6. The molecule has 7 nitrogen and oxygen atoms in total. The van der Waals surface area contributed by atoms with Gasteiger partial charge in [-0.05, 0) is 56.9 Å². The van der Waals surface area contributed by atoms with Crippen molar-refractivity contribution in [3.63, 3.8) is 0 Å². The Morgan fingerprint density at radius 1 is 1.13 bits per heavy atom. The molecule has 9 heteroatoms. The lowest BCUT2D eigenvalue weighted by Gasteiger charge is -2.24. The molecule has 1 atom stereocenters. The number of ketones is 1. The first-order valence-electron chi connectivity index (χ1n) is 10.3. The number of carbonyl (C=O) groups excluding carboxylic acids is 2. The Labute approximate surface area is 190 Å². The van der Waals surface area contributed by atoms with Crippen LogP contribution in [0.15, 0.2) is 24.3 Å². The van der Waals surface area contributed by atoms with Gasteiger partial charge in [0.2, 0.25) is 5.91 Å². The van der Waals surface area contributed by atoms with Gasteiger partial charge < -0.3 is 10.1 Å². The molecule has 1 unspecified atom stereocenters. The van der Waals surface area contributed by atoms with Crippen LogP contribution >= 0.6 is 11.8 Å². The van der Waals surface area contributed by atoms with Crippen molar-refractivity contribution in [2.75, 3.05) is 24.4 Å². The summed E-state index contributed by atoms with van der Waals surface area (Å²) in [7, 11) is -2.51. The van der Waals surface area contributed by atoms with E-state index in [2.05, 4.69) is 29.6 Å². The van der Waals surface area contributed by atoms with Crippen molar-refractivity contribution in [2.45, 2.75) is 64.5 Å². The molecule has 1 amide bonds. The van der Waals surface area contributed by atoms with Crippen molar-refractivity contribution in [3.05, 3.63) is 35.4 Å². The monoisotopic (exact) mass is 473 g/mol. The highest BCUT2D eigenvalue weighted by Gasteiger charge is 2.26. The van der Waals surface area contributed by atoms with Crippen LogP contribution in [0.2, 0.25) is 0 Å². The van der Waals surface area contributed by atoms with Crippen molar-refractivity contribution in [2.24, 2.45) is 0 Å². The van der Waals surface area contributed by atoms with Crippen LogP contribution in [0.3, 0.4) is 0 Å². The quantitative estimate of drug-likeness (QED) is 0.298. The molecular weight excluding hydrogens is 438 g/mol. The van der Waals surface area contributed by atoms with Gasteiger partial charge in [-0.25, -0.2) is 0 Å². The average Bonchev–Trinajstić information content (AvgIpc) is 2.63. The zero-order chi connectivity index (χ0) is 23.5. The minimum absolute atomic E-state index is 0.0376. The van der Waals surface area contributed by atoms with Gasteiger partial charge in [0.25, 0.3) is 10.1 Å². The fraction of sp³-hybridized carbons (Fsp3) is 0.636. The highest BCUT2D eigenvalue weighted by Crippen LogP contribution is 2.14. The molecule has 0 spiro atoms. The molecule has 1 rings (SSSR count). The zero-order valence-electron chi connectivity index (χ0n) is 18.8. The lowest BCUT2D eigenvalue weighted by molar-refractivity contribution is -0.122. The summed E-state index contributed by atoms with van der Waals surface area (Å²) < 4.78 is 36.3. The summed E-state index contributed by atoms with van der Waals surface area (Å²) in [5.74, 6) is 0.910. The molecule has 0 aliphatic heterocycles. The normalized spacial score (nSPS) is 13.1. The second-order valence-electron chi connectivity index (χ2n) is 8.39. The average molecular weight is 474 g/mol. The fourth-order valence-corrected chi connectivity index (χ4v) is 5.11. The first-order chi connectivity index (χ1) is 14.4. The van der Waals surface area contributed by atoms with Crippen LogP contribution in [0.25, 0.3) is 0 Å². The number of ether oxygens (including phenoxy) is 1. The predicted octanol–water partition coefficient (Wildman–Crippen LogP) is 3.06. The third kappa shape index (κ3) is 13.6. The lowest BCUT2D eigenvalue weighted by Crippen LogP contribution is -2.48. The molecule has 0 radical (unpaired) electrons. The van der Waals surface area contributed by atoms with Crippen molar-refractivity contribution >= 4 is 33.6 Å². The predicted molar refractivity (Wildman–Crippen MR) is 125 cm³/mol. The molecule has 1 aromatic rings. The maximum absolute atomic E-state index is 12.0. The van der Waals surface area contributed by atoms with E-state index in [9.17, 15) is 18.0 Å². The summed E-state index contributed by atoms with van der Waals surface area (Å²) >= 11 is 1.67. The number of methoxy groups -OCH3 is 1. The molecule has 176 valence electrons. The number of rotatable bonds is 15. The number of aryl methyl sites for hydroxylation is 2. The Hall–Kier alpha value is -1.42. The topological polar surface area (TPSA) is 110 Å². The Kier molecular flexibility index (Phi) is 11.8. The van der Waals surface area contributed by atoms with Gasteiger partial charge in [-0.1, -0.05) is 24.3 Å². The Morgan fingerprint density at radius 3 is 2.23 bits per heavy atom. The van der Waals surface area contributed by atoms with Crippen LogP contribution < -0.4 is 5.32 Å². The molecular formula is C22H35NO6S2. The summed E-state index contributed by atoms with van der Waals surface area (Å²) in [6, 6.07) is 8.41. The molecule has 0 saturated heterocycles. The second kappa shape index (κ2) is 13.2. The van der Waals surface area contributed by atoms with Gasteiger partial charge in [0, 0.05) is 25.7 Å². The van der Waals surface area contributed by atoms with Gasteiger partial charge in [0.1, 0.15) is 5.78 Å². The number of nitrogens with one attached hydrogen (secondary N) is 1. The fourth-order valence-electron chi connectivity index (χ4n) is 3.21. The van der Waals surface area contributed by atoms with E-state index in [-0.39, 0.29) is 17.8 Å². The highest BCUT2D eigenvalue weighted by molar-refractivity contribution is 7.99. The zero-order valence-corrected chi connectivity index (χ0v) is 20.5. The van der Waals surface area contributed by atoms with Crippen LogP contribution in [-0.4, -0.2) is 60.7 Å². The minimum atomic E-state index is -4.14. The minimum Gasteiger partial charge on any atom is -0.381 e. The summed E-state index contributed by atoms with van der Waals surface area (Å²) in [6.07, 6.45) is 3.27. The largest absolute Gasteiger partial charge is 0.381 e. The summed E-state index contributed by atoms with van der Waals surface area (Å²) in [5, 5.41) is 2.64. The van der Waals surface area contributed by atoms with Gasteiger partial charge in [-0.3, -0.25) is 14.1 Å². The number of carbonyl (C=O) groups is 2. The Morgan fingerprint density at radius 2 is 1.71 bits per heavy atom. The smallest absolute Gasteiger partial charge is 0.267 e. The van der Waals surface area contributed by atoms with Crippen LogP contribution in [0.5, 0.6) is 0 Å². The molecule has 31 heavy (non-hydrogen) atoms. The van der Waals surface area contributed by atoms with Crippen molar-refractivity contribution in [1.82, 2.24) is 5.32 Å². The van der Waals surface area contributed by atoms with Gasteiger partial charge in [-0.15, -0.1) is 0 Å². The first kappa shape index (κ1) is 27.6. The molecule has 0 aromatic heterocycles. The molecule has 0 saturated carbocycles. The van der Waals surface area contributed by atoms with Crippen LogP contribution in [0, 0.1) is 0 Å². The number of thioether (sulfide) groups is 1. The van der Waals surface area contributed by atoms with E-state index < -0.39 is 21.4 Å². The van der Waals surface area contributed by atoms with Gasteiger partial charge in [-0.2, -0.15) is 20.2 Å². The first-order valence-corrected chi connectivity index (χ1v) is 13.1. The van der Waals surface area contributed by atoms with E-state index in [1.165, 1.54) is 11.1 Å². The summed E-state index contributed by atoms with van der Waals surface area (Å²) in [6.45, 7) is 4.71. The molecule has 1 aromatic carbocycles. The maximum atomic E-state index is 12.0. The van der Waals surface area contributed by atoms with E-state index in [1.807, 2.05) is 0 Å². The molecule has 0 aliphatic carbocycles. The van der Waals surface area contributed by atoms with E-state index in [0.29, 0.717) is 18.6 Å². The number of benzene rings is 1. The van der Waals surface area contributed by atoms with E-state index >= 15 is 0 Å². The summed E-state index contributed by atoms with van der Waals surface area (Å²) in [4.78, 5) is 23.2. The Balaban J connectivity index is 2.28. The molecule has 0 fully saturated rings. The van der Waals surface area contributed by atoms with Crippen LogP contribution in [0.1, 0.15) is 51.2 Å². The highest BCUT2D eigenvalue weighted by atomic mass is 32.2. The van der Waals surface area contributed by atoms with E-state index in [0.717, 1.165) is 25.0 Å². The SMILES string of the molecule is COC(CCc1ccc(CCSCCC(=O)NC(C)(C)CS(=O)(=O)O)cc1)CC(C)=O. The standard InChI is InChI=1S/C22H35NO6S2/c1-17(24)15-20(29-4)10-9-18-5-7-19(8-6-18)11-13-30-14-12-21(25)23-22(2,3)16-31(26,27)28/h5-8,20H,9-16H2,1-4H3,(H,23,25)(H,26,27,28). The number of Topliss-reactive ketones (excluding diaryl/α,β-unsaturated/α-hetero) is 1. The van der Waals surface area contributed by atoms with E-state index in [1.54, 1.807) is 39.6 Å². The third-order valence-electron chi connectivity index (χ3n) is 4.66. The van der Waals surface area contributed by atoms with Crippen LogP contribution in [-0.2, 0) is 37.3 Å². The summed E-state index contributed by atoms with van der Waals surface area (Å²) in [5.41, 5.74) is 1.43. The van der Waals surface area contributed by atoms with Gasteiger partial charge >= 0.3 is 0 Å². The maximum Gasteiger partial charge on any atom is 0.267 e. The van der Waals surface area contributed by atoms with Gasteiger partial charge in [0.15, 0.2) is 0 Å². The van der Waals surface area contributed by atoms with Crippen molar-refractivity contribution < 1.29 is 27.3 Å². The van der Waals surface area contributed by atoms with Crippen molar-refractivity contribution in [3.8, 4) is 0 Å².